The third-order valence-electron chi connectivity index (χ3n) is 5.04. The van der Waals surface area contributed by atoms with Crippen LogP contribution in [0.15, 0.2) is 48.7 Å². The number of carbonyl (C=O) groups excluding carboxylic acids is 1. The number of hydrogen-bond acceptors (Lipinski definition) is 3. The number of urea groups is 1. The average Bonchev–Trinajstić information content (AvgIpc) is 2.73. The smallest absolute Gasteiger partial charge is 0.322 e. The molecule has 1 aromatic heterocycles. The highest BCUT2D eigenvalue weighted by molar-refractivity contribution is 6.31. The molecular weight excluding hydrogens is 405 g/mol. The van der Waals surface area contributed by atoms with Gasteiger partial charge < -0.3 is 15.0 Å². The van der Waals surface area contributed by atoms with Crippen molar-refractivity contribution in [3.8, 4) is 5.88 Å². The molecule has 1 heterocycles. The molecule has 3 rings (SSSR count). The van der Waals surface area contributed by atoms with E-state index in [2.05, 4.69) is 24.1 Å². The highest BCUT2D eigenvalue weighted by atomic mass is 35.5. The molecule has 3 aromatic rings. The van der Waals surface area contributed by atoms with Gasteiger partial charge in [0.05, 0.1) is 18.2 Å². The lowest BCUT2D eigenvalue weighted by Crippen LogP contribution is -2.40. The molecule has 0 saturated heterocycles. The quantitative estimate of drug-likeness (QED) is 0.501. The van der Waals surface area contributed by atoms with Crippen molar-refractivity contribution >= 4 is 34.1 Å². The van der Waals surface area contributed by atoms with E-state index >= 15 is 0 Å². The lowest BCUT2D eigenvalue weighted by atomic mass is 9.92. The van der Waals surface area contributed by atoms with Crippen molar-refractivity contribution in [3.05, 3.63) is 65.1 Å². The third-order valence-corrected chi connectivity index (χ3v) is 5.33. The standard InChI is InChI=1S/C23H25ClFN3O2/c1-5-28(23(29)27-15-10-11-20(25)19(24)12-15)21(14(2)3)18-13-26-22(30-4)17-9-7-6-8-16(17)18/h6-14,21H,5H2,1-4H3,(H,27,29). The molecule has 0 spiro atoms. The maximum atomic E-state index is 13.5. The van der Waals surface area contributed by atoms with Gasteiger partial charge in [-0.15, -0.1) is 0 Å². The number of nitrogens with zero attached hydrogens (tertiary/aromatic N) is 2. The number of rotatable bonds is 6. The molecule has 0 saturated carbocycles. The summed E-state index contributed by atoms with van der Waals surface area (Å²) >= 11 is 5.85. The van der Waals surface area contributed by atoms with Gasteiger partial charge in [-0.2, -0.15) is 0 Å². The first-order valence-corrected chi connectivity index (χ1v) is 10.2. The van der Waals surface area contributed by atoms with Crippen LogP contribution in [0.25, 0.3) is 10.8 Å². The van der Waals surface area contributed by atoms with E-state index in [4.69, 9.17) is 16.3 Å². The number of aromatic nitrogens is 1. The van der Waals surface area contributed by atoms with Gasteiger partial charge in [0.1, 0.15) is 5.82 Å². The monoisotopic (exact) mass is 429 g/mol. The molecule has 0 bridgehead atoms. The Balaban J connectivity index is 2.01. The predicted octanol–water partition coefficient (Wildman–Crippen LogP) is 6.29. The second kappa shape index (κ2) is 9.30. The molecule has 0 aliphatic heterocycles. The topological polar surface area (TPSA) is 54.5 Å². The number of amides is 2. The summed E-state index contributed by atoms with van der Waals surface area (Å²) in [6.45, 7) is 6.53. The van der Waals surface area contributed by atoms with Crippen LogP contribution in [0.1, 0.15) is 32.4 Å². The number of fused-ring (bicyclic) bond motifs is 1. The molecule has 1 unspecified atom stereocenters. The summed E-state index contributed by atoms with van der Waals surface area (Å²) in [5.41, 5.74) is 1.38. The molecule has 7 heteroatoms. The summed E-state index contributed by atoms with van der Waals surface area (Å²) in [4.78, 5) is 19.4. The molecular formula is C23H25ClFN3O2. The largest absolute Gasteiger partial charge is 0.481 e. The Labute approximate surface area is 180 Å². The fourth-order valence-corrected chi connectivity index (χ4v) is 3.89. The maximum absolute atomic E-state index is 13.5. The third kappa shape index (κ3) is 4.33. The van der Waals surface area contributed by atoms with Gasteiger partial charge in [-0.25, -0.2) is 14.2 Å². The van der Waals surface area contributed by atoms with Crippen molar-refractivity contribution in [3.63, 3.8) is 0 Å². The van der Waals surface area contributed by atoms with Crippen LogP contribution in [0.5, 0.6) is 5.88 Å². The minimum absolute atomic E-state index is 0.0402. The van der Waals surface area contributed by atoms with Gasteiger partial charge >= 0.3 is 6.03 Å². The van der Waals surface area contributed by atoms with Gasteiger partial charge in [0.2, 0.25) is 5.88 Å². The summed E-state index contributed by atoms with van der Waals surface area (Å²) in [7, 11) is 1.59. The van der Waals surface area contributed by atoms with E-state index < -0.39 is 5.82 Å². The molecule has 0 radical (unpaired) electrons. The van der Waals surface area contributed by atoms with Crippen LogP contribution in [0.2, 0.25) is 5.02 Å². The highest BCUT2D eigenvalue weighted by Crippen LogP contribution is 2.36. The number of methoxy groups -OCH3 is 1. The predicted molar refractivity (Wildman–Crippen MR) is 119 cm³/mol. The molecule has 0 aliphatic rings. The summed E-state index contributed by atoms with van der Waals surface area (Å²) in [6.07, 6.45) is 1.77. The van der Waals surface area contributed by atoms with Crippen molar-refractivity contribution < 1.29 is 13.9 Å². The van der Waals surface area contributed by atoms with Crippen LogP contribution in [0.4, 0.5) is 14.9 Å². The number of nitrogens with one attached hydrogen (secondary N) is 1. The Kier molecular flexibility index (Phi) is 6.77. The van der Waals surface area contributed by atoms with E-state index in [1.54, 1.807) is 18.2 Å². The first-order valence-electron chi connectivity index (χ1n) is 9.81. The molecule has 0 aliphatic carbocycles. The SMILES string of the molecule is CCN(C(=O)Nc1ccc(F)c(Cl)c1)C(c1cnc(OC)c2ccccc12)C(C)C. The number of hydrogen-bond donors (Lipinski definition) is 1. The van der Waals surface area contributed by atoms with Crippen molar-refractivity contribution in [2.24, 2.45) is 5.92 Å². The second-order valence-corrected chi connectivity index (χ2v) is 7.71. The minimum atomic E-state index is -0.530. The highest BCUT2D eigenvalue weighted by Gasteiger charge is 2.29. The van der Waals surface area contributed by atoms with Gasteiger partial charge in [0.25, 0.3) is 0 Å². The van der Waals surface area contributed by atoms with Gasteiger partial charge in [-0.05, 0) is 42.5 Å². The minimum Gasteiger partial charge on any atom is -0.481 e. The van der Waals surface area contributed by atoms with E-state index in [9.17, 15) is 9.18 Å². The van der Waals surface area contributed by atoms with Gasteiger partial charge in [-0.1, -0.05) is 43.6 Å². The Morgan fingerprint density at radius 3 is 2.53 bits per heavy atom. The number of ether oxygens (including phenoxy) is 1. The van der Waals surface area contributed by atoms with Crippen LogP contribution in [0.3, 0.4) is 0 Å². The number of halogens is 2. The van der Waals surface area contributed by atoms with Gasteiger partial charge in [-0.3, -0.25) is 0 Å². The normalized spacial score (nSPS) is 12.1. The second-order valence-electron chi connectivity index (χ2n) is 7.30. The molecule has 158 valence electrons. The molecule has 1 atom stereocenters. The van der Waals surface area contributed by atoms with E-state index in [0.29, 0.717) is 18.1 Å². The molecule has 2 aromatic carbocycles. The number of anilines is 1. The van der Waals surface area contributed by atoms with Crippen LogP contribution in [-0.2, 0) is 0 Å². The Morgan fingerprint density at radius 2 is 1.93 bits per heavy atom. The van der Waals surface area contributed by atoms with Crippen LogP contribution < -0.4 is 10.1 Å². The fraction of sp³-hybridized carbons (Fsp3) is 0.304. The summed E-state index contributed by atoms with van der Waals surface area (Å²) in [6, 6.07) is 11.5. The van der Waals surface area contributed by atoms with Crippen LogP contribution in [0, 0.1) is 11.7 Å². The summed E-state index contributed by atoms with van der Waals surface area (Å²) in [5.74, 6) is 0.134. The zero-order valence-electron chi connectivity index (χ0n) is 17.4. The van der Waals surface area contributed by atoms with Crippen molar-refractivity contribution in [2.45, 2.75) is 26.8 Å². The molecule has 5 nitrogen and oxygen atoms in total. The fourth-order valence-electron chi connectivity index (χ4n) is 3.71. The Bertz CT molecular complexity index is 1060. The van der Waals surface area contributed by atoms with Crippen molar-refractivity contribution in [1.82, 2.24) is 9.88 Å². The summed E-state index contributed by atoms with van der Waals surface area (Å²) < 4.78 is 18.9. The van der Waals surface area contributed by atoms with E-state index in [-0.39, 0.29) is 23.0 Å². The maximum Gasteiger partial charge on any atom is 0.322 e. The number of carbonyl (C=O) groups is 1. The zero-order chi connectivity index (χ0) is 21.8. The lowest BCUT2D eigenvalue weighted by molar-refractivity contribution is 0.172. The van der Waals surface area contributed by atoms with E-state index in [1.165, 1.54) is 18.2 Å². The van der Waals surface area contributed by atoms with Crippen molar-refractivity contribution in [2.75, 3.05) is 19.0 Å². The van der Waals surface area contributed by atoms with Crippen LogP contribution >= 0.6 is 11.6 Å². The van der Waals surface area contributed by atoms with Crippen LogP contribution in [-0.4, -0.2) is 29.6 Å². The first kappa shape index (κ1) is 21.8. The lowest BCUT2D eigenvalue weighted by Gasteiger charge is -2.34. The number of benzene rings is 2. The zero-order valence-corrected chi connectivity index (χ0v) is 18.2. The Morgan fingerprint density at radius 1 is 1.23 bits per heavy atom. The van der Waals surface area contributed by atoms with Gasteiger partial charge in [0.15, 0.2) is 0 Å². The summed E-state index contributed by atoms with van der Waals surface area (Å²) in [5, 5.41) is 4.67. The molecule has 2 amide bonds. The Hall–Kier alpha value is -2.86. The van der Waals surface area contributed by atoms with E-state index in [0.717, 1.165) is 16.3 Å². The molecule has 0 fully saturated rings. The van der Waals surface area contributed by atoms with Crippen molar-refractivity contribution in [1.29, 1.82) is 0 Å². The molecule has 30 heavy (non-hydrogen) atoms. The van der Waals surface area contributed by atoms with Gasteiger partial charge in [0, 0.05) is 29.4 Å². The average molecular weight is 430 g/mol. The number of pyridine rings is 1. The first-order chi connectivity index (χ1) is 14.4. The van der Waals surface area contributed by atoms with E-state index in [1.807, 2.05) is 31.2 Å². The molecule has 1 N–H and O–H groups in total.